The molecule has 2 aromatic carbocycles. The molecular weight excluding hydrogens is 348 g/mol. The molecule has 0 amide bonds. The molecule has 2 aromatic rings. The van der Waals surface area contributed by atoms with E-state index in [1.807, 2.05) is 6.08 Å². The highest BCUT2D eigenvalue weighted by Gasteiger charge is 2.49. The van der Waals surface area contributed by atoms with Crippen molar-refractivity contribution in [2.24, 2.45) is 0 Å². The maximum atomic E-state index is 10.4. The van der Waals surface area contributed by atoms with E-state index in [2.05, 4.69) is 94.4 Å². The minimum atomic E-state index is -2.47. The molecule has 0 aromatic heterocycles. The van der Waals surface area contributed by atoms with E-state index >= 15 is 0 Å². The van der Waals surface area contributed by atoms with Crippen molar-refractivity contribution in [1.82, 2.24) is 0 Å². The number of hydrogen-bond donors (Lipinski definition) is 0. The Hall–Kier alpha value is -2.23. The zero-order valence-corrected chi connectivity index (χ0v) is 17.8. The van der Waals surface area contributed by atoms with Gasteiger partial charge in [-0.05, 0) is 34.8 Å². The summed E-state index contributed by atoms with van der Waals surface area (Å²) in [6.07, 6.45) is 7.13. The van der Waals surface area contributed by atoms with Gasteiger partial charge in [0.1, 0.15) is 6.29 Å². The highest BCUT2D eigenvalue weighted by Crippen LogP contribution is 2.36. The molecule has 0 N–H and O–H groups in total. The molecule has 2 rings (SSSR count). The second kappa shape index (κ2) is 9.63. The van der Waals surface area contributed by atoms with Gasteiger partial charge in [-0.25, -0.2) is 0 Å². The maximum Gasteiger partial charge on any atom is 0.261 e. The Kier molecular flexibility index (Phi) is 7.52. The van der Waals surface area contributed by atoms with Crippen molar-refractivity contribution in [3.8, 4) is 0 Å². The smallest absolute Gasteiger partial charge is 0.261 e. The van der Waals surface area contributed by atoms with Crippen LogP contribution in [0.15, 0.2) is 84.5 Å². The van der Waals surface area contributed by atoms with E-state index in [1.165, 1.54) is 15.9 Å². The van der Waals surface area contributed by atoms with Gasteiger partial charge in [-0.3, -0.25) is 4.79 Å². The minimum Gasteiger partial charge on any atom is -0.404 e. The van der Waals surface area contributed by atoms with Crippen LogP contribution in [-0.2, 0) is 9.22 Å². The van der Waals surface area contributed by atoms with Crippen LogP contribution in [0, 0.1) is 0 Å². The summed E-state index contributed by atoms with van der Waals surface area (Å²) < 4.78 is 6.81. The van der Waals surface area contributed by atoms with E-state index in [1.54, 1.807) is 6.08 Å². The second-order valence-corrected chi connectivity index (χ2v) is 12.1. The monoisotopic (exact) mass is 378 g/mol. The average molecular weight is 379 g/mol. The number of benzene rings is 2. The standard InChI is InChI=1S/C24H30O2Si/c1-21(13-11-12-19-25)18-20-26-27(24(2,3)4,22-14-7-5-8-15-22)23-16-9-6-10-17-23/h5-12,14-19H,13,20H2,1-4H3/b12-11+,21-18-. The lowest BCUT2D eigenvalue weighted by molar-refractivity contribution is -0.104. The molecule has 0 fully saturated rings. The summed E-state index contributed by atoms with van der Waals surface area (Å²) in [5, 5.41) is 2.56. The van der Waals surface area contributed by atoms with Gasteiger partial charge in [-0.2, -0.15) is 0 Å². The van der Waals surface area contributed by atoms with Crippen molar-refractivity contribution in [2.75, 3.05) is 6.61 Å². The molecule has 0 saturated heterocycles. The van der Waals surface area contributed by atoms with Crippen molar-refractivity contribution in [2.45, 2.75) is 39.2 Å². The molecule has 0 bridgehead atoms. The fourth-order valence-corrected chi connectivity index (χ4v) is 7.95. The number of aldehydes is 1. The Bertz CT molecular complexity index is 732. The summed E-state index contributed by atoms with van der Waals surface area (Å²) in [5.74, 6) is 0. The van der Waals surface area contributed by atoms with Crippen LogP contribution in [-0.4, -0.2) is 21.2 Å². The van der Waals surface area contributed by atoms with Gasteiger partial charge in [0.15, 0.2) is 0 Å². The third-order valence-corrected chi connectivity index (χ3v) is 9.81. The Labute approximate surface area is 164 Å². The number of allylic oxidation sites excluding steroid dienone is 3. The fourth-order valence-electron chi connectivity index (χ4n) is 3.46. The van der Waals surface area contributed by atoms with E-state index in [0.29, 0.717) is 6.61 Å². The summed E-state index contributed by atoms with van der Waals surface area (Å²) in [4.78, 5) is 10.4. The Morgan fingerprint density at radius 3 is 1.93 bits per heavy atom. The van der Waals surface area contributed by atoms with Gasteiger partial charge in [0.25, 0.3) is 8.32 Å². The molecular formula is C24H30O2Si. The van der Waals surface area contributed by atoms with Crippen LogP contribution in [0.1, 0.15) is 34.1 Å². The first kappa shape index (κ1) is 21.1. The molecule has 0 spiro atoms. The van der Waals surface area contributed by atoms with Gasteiger partial charge < -0.3 is 4.43 Å². The lowest BCUT2D eigenvalue weighted by Gasteiger charge is -2.42. The third kappa shape index (κ3) is 5.15. The van der Waals surface area contributed by atoms with Crippen molar-refractivity contribution < 1.29 is 9.22 Å². The predicted molar refractivity (Wildman–Crippen MR) is 117 cm³/mol. The normalized spacial score (nSPS) is 13.1. The number of carbonyl (C=O) groups excluding carboxylic acids is 1. The molecule has 0 radical (unpaired) electrons. The van der Waals surface area contributed by atoms with Crippen LogP contribution in [0.25, 0.3) is 0 Å². The Balaban J connectivity index is 2.42. The zero-order chi connectivity index (χ0) is 19.8. The van der Waals surface area contributed by atoms with Gasteiger partial charge in [0, 0.05) is 0 Å². The lowest BCUT2D eigenvalue weighted by atomic mass is 10.2. The average Bonchev–Trinajstić information content (AvgIpc) is 2.66. The van der Waals surface area contributed by atoms with Crippen molar-refractivity contribution >= 4 is 25.0 Å². The second-order valence-electron chi connectivity index (χ2n) is 7.79. The molecule has 0 heterocycles. The Morgan fingerprint density at radius 2 is 1.48 bits per heavy atom. The quantitative estimate of drug-likeness (QED) is 0.289. The molecule has 27 heavy (non-hydrogen) atoms. The summed E-state index contributed by atoms with van der Waals surface area (Å²) in [6.45, 7) is 9.48. The van der Waals surface area contributed by atoms with Crippen LogP contribution in [0.2, 0.25) is 5.04 Å². The molecule has 0 aliphatic carbocycles. The number of rotatable bonds is 8. The fraction of sp³-hybridized carbons (Fsp3) is 0.292. The van der Waals surface area contributed by atoms with E-state index in [9.17, 15) is 4.79 Å². The van der Waals surface area contributed by atoms with Crippen LogP contribution < -0.4 is 10.4 Å². The summed E-state index contributed by atoms with van der Waals surface area (Å²) in [7, 11) is -2.47. The van der Waals surface area contributed by atoms with E-state index in [4.69, 9.17) is 4.43 Å². The summed E-state index contributed by atoms with van der Waals surface area (Å²) in [6, 6.07) is 21.3. The van der Waals surface area contributed by atoms with Crippen molar-refractivity contribution in [3.05, 3.63) is 84.5 Å². The van der Waals surface area contributed by atoms with E-state index < -0.39 is 8.32 Å². The minimum absolute atomic E-state index is 0.0190. The molecule has 142 valence electrons. The number of hydrogen-bond acceptors (Lipinski definition) is 2. The van der Waals surface area contributed by atoms with Crippen LogP contribution in [0.5, 0.6) is 0 Å². The van der Waals surface area contributed by atoms with Crippen LogP contribution in [0.3, 0.4) is 0 Å². The maximum absolute atomic E-state index is 10.4. The zero-order valence-electron chi connectivity index (χ0n) is 16.8. The lowest BCUT2D eigenvalue weighted by Crippen LogP contribution is -2.66. The molecule has 0 aliphatic heterocycles. The van der Waals surface area contributed by atoms with Gasteiger partial charge in [0.05, 0.1) is 6.61 Å². The topological polar surface area (TPSA) is 26.3 Å². The molecule has 0 unspecified atom stereocenters. The van der Waals surface area contributed by atoms with Crippen LogP contribution >= 0.6 is 0 Å². The molecule has 2 nitrogen and oxygen atoms in total. The highest BCUT2D eigenvalue weighted by molar-refractivity contribution is 6.99. The third-order valence-electron chi connectivity index (χ3n) is 4.80. The first-order valence-electron chi connectivity index (χ1n) is 9.43. The molecule has 0 saturated carbocycles. The van der Waals surface area contributed by atoms with Crippen molar-refractivity contribution in [3.63, 3.8) is 0 Å². The molecule has 0 atom stereocenters. The van der Waals surface area contributed by atoms with Gasteiger partial charge in [-0.1, -0.05) is 99.2 Å². The van der Waals surface area contributed by atoms with Gasteiger partial charge in [0.2, 0.25) is 0 Å². The van der Waals surface area contributed by atoms with Crippen molar-refractivity contribution in [1.29, 1.82) is 0 Å². The summed E-state index contributed by atoms with van der Waals surface area (Å²) >= 11 is 0. The first-order valence-corrected chi connectivity index (χ1v) is 11.3. The Morgan fingerprint density at radius 1 is 0.963 bits per heavy atom. The highest BCUT2D eigenvalue weighted by atomic mass is 28.4. The largest absolute Gasteiger partial charge is 0.404 e. The molecule has 3 heteroatoms. The van der Waals surface area contributed by atoms with Crippen LogP contribution in [0.4, 0.5) is 0 Å². The van der Waals surface area contributed by atoms with E-state index in [0.717, 1.165) is 12.7 Å². The molecule has 0 aliphatic rings. The number of carbonyl (C=O) groups is 1. The SMILES string of the molecule is C/C(=C/CO[Si](c1ccccc1)(c1ccccc1)C(C)(C)C)C/C=C/C=O. The van der Waals surface area contributed by atoms with Gasteiger partial charge >= 0.3 is 0 Å². The predicted octanol–water partition coefficient (Wildman–Crippen LogP) is 4.65. The summed E-state index contributed by atoms with van der Waals surface area (Å²) in [5.41, 5.74) is 1.20. The van der Waals surface area contributed by atoms with E-state index in [-0.39, 0.29) is 5.04 Å². The first-order chi connectivity index (χ1) is 12.9. The van der Waals surface area contributed by atoms with Gasteiger partial charge in [-0.15, -0.1) is 0 Å².